The number of nitrogens with two attached hydrogens (primary N) is 1. The predicted molar refractivity (Wildman–Crippen MR) is 83.8 cm³/mol. The van der Waals surface area contributed by atoms with Crippen LogP contribution in [-0.4, -0.2) is 14.3 Å². The molecule has 0 aliphatic heterocycles. The molecule has 2 rings (SSSR count). The minimum atomic E-state index is -0.177. The van der Waals surface area contributed by atoms with E-state index in [4.69, 9.17) is 5.73 Å². The number of hydrogen-bond acceptors (Lipinski definition) is 3. The Bertz CT molecular complexity index is 617. The SMILES string of the molecule is CCC(CC)n1ccc(Cn2cc(N)c(=O)c(Br)c2)n1. The lowest BCUT2D eigenvalue weighted by Gasteiger charge is -2.12. The Balaban J connectivity index is 2.21. The highest BCUT2D eigenvalue weighted by Gasteiger charge is 2.09. The first-order valence-electron chi connectivity index (χ1n) is 6.74. The molecule has 0 spiro atoms. The van der Waals surface area contributed by atoms with E-state index in [1.54, 1.807) is 12.4 Å². The summed E-state index contributed by atoms with van der Waals surface area (Å²) in [6.45, 7) is 4.92. The Labute approximate surface area is 126 Å². The van der Waals surface area contributed by atoms with E-state index in [9.17, 15) is 4.79 Å². The summed E-state index contributed by atoms with van der Waals surface area (Å²) < 4.78 is 4.34. The van der Waals surface area contributed by atoms with E-state index in [2.05, 4.69) is 34.9 Å². The number of hydrogen-bond donors (Lipinski definition) is 1. The van der Waals surface area contributed by atoms with Gasteiger partial charge in [0.15, 0.2) is 0 Å². The van der Waals surface area contributed by atoms with Crippen LogP contribution in [0, 0.1) is 0 Å². The number of nitrogens with zero attached hydrogens (tertiary/aromatic N) is 3. The zero-order valence-electron chi connectivity index (χ0n) is 11.7. The van der Waals surface area contributed by atoms with Gasteiger partial charge in [-0.2, -0.15) is 5.10 Å². The van der Waals surface area contributed by atoms with Crippen molar-refractivity contribution in [1.82, 2.24) is 14.3 Å². The van der Waals surface area contributed by atoms with Gasteiger partial charge < -0.3 is 10.3 Å². The second-order valence-corrected chi connectivity index (χ2v) is 5.67. The topological polar surface area (TPSA) is 65.8 Å². The average Bonchev–Trinajstić information content (AvgIpc) is 2.86. The van der Waals surface area contributed by atoms with Crippen molar-refractivity contribution in [2.75, 3.05) is 5.73 Å². The van der Waals surface area contributed by atoms with E-state index in [0.717, 1.165) is 18.5 Å². The molecule has 0 atom stereocenters. The molecule has 2 heterocycles. The molecule has 0 aliphatic carbocycles. The van der Waals surface area contributed by atoms with Gasteiger partial charge in [-0.1, -0.05) is 13.8 Å². The van der Waals surface area contributed by atoms with Gasteiger partial charge in [-0.3, -0.25) is 9.48 Å². The lowest BCUT2D eigenvalue weighted by molar-refractivity contribution is 0.424. The van der Waals surface area contributed by atoms with Gasteiger partial charge in [0.1, 0.15) is 0 Å². The molecule has 0 amide bonds. The Morgan fingerprint density at radius 2 is 2.05 bits per heavy atom. The zero-order valence-corrected chi connectivity index (χ0v) is 13.3. The highest BCUT2D eigenvalue weighted by atomic mass is 79.9. The summed E-state index contributed by atoms with van der Waals surface area (Å²) in [7, 11) is 0. The third kappa shape index (κ3) is 3.12. The molecular formula is C14H19BrN4O. The highest BCUT2D eigenvalue weighted by Crippen LogP contribution is 2.15. The smallest absolute Gasteiger partial charge is 0.218 e. The summed E-state index contributed by atoms with van der Waals surface area (Å²) in [4.78, 5) is 11.5. The fourth-order valence-corrected chi connectivity index (χ4v) is 2.71. The van der Waals surface area contributed by atoms with Gasteiger partial charge in [0.25, 0.3) is 0 Å². The van der Waals surface area contributed by atoms with Gasteiger partial charge in [0.05, 0.1) is 28.4 Å². The number of pyridine rings is 1. The van der Waals surface area contributed by atoms with Crippen LogP contribution in [0.2, 0.25) is 0 Å². The fraction of sp³-hybridized carbons (Fsp3) is 0.429. The molecule has 5 nitrogen and oxygen atoms in total. The standard InChI is InChI=1S/C14H19BrN4O/c1-3-11(4-2)19-6-5-10(17-19)7-18-8-12(15)14(20)13(16)9-18/h5-6,8-9,11H,3-4,7,16H2,1-2H3. The van der Waals surface area contributed by atoms with Crippen molar-refractivity contribution in [2.24, 2.45) is 0 Å². The molecule has 2 aromatic heterocycles. The van der Waals surface area contributed by atoms with Crippen molar-refractivity contribution in [3.05, 3.63) is 45.0 Å². The number of anilines is 1. The quantitative estimate of drug-likeness (QED) is 0.911. The molecule has 6 heteroatoms. The molecule has 108 valence electrons. The molecule has 0 aromatic carbocycles. The van der Waals surface area contributed by atoms with Crippen molar-refractivity contribution in [3.63, 3.8) is 0 Å². The molecular weight excluding hydrogens is 320 g/mol. The third-order valence-electron chi connectivity index (χ3n) is 3.39. The molecule has 0 unspecified atom stereocenters. The van der Waals surface area contributed by atoms with E-state index in [1.807, 2.05) is 21.5 Å². The summed E-state index contributed by atoms with van der Waals surface area (Å²) in [5.41, 5.74) is 6.69. The van der Waals surface area contributed by atoms with Gasteiger partial charge in [-0.15, -0.1) is 0 Å². The van der Waals surface area contributed by atoms with Gasteiger partial charge >= 0.3 is 0 Å². The van der Waals surface area contributed by atoms with Crippen molar-refractivity contribution >= 4 is 21.6 Å². The molecule has 0 saturated carbocycles. The van der Waals surface area contributed by atoms with Gasteiger partial charge in [-0.05, 0) is 34.8 Å². The van der Waals surface area contributed by atoms with Crippen LogP contribution in [0.25, 0.3) is 0 Å². The maximum atomic E-state index is 11.5. The van der Waals surface area contributed by atoms with E-state index < -0.39 is 0 Å². The molecule has 0 bridgehead atoms. The lowest BCUT2D eigenvalue weighted by atomic mass is 10.2. The lowest BCUT2D eigenvalue weighted by Crippen LogP contribution is -2.14. The molecule has 2 aromatic rings. The highest BCUT2D eigenvalue weighted by molar-refractivity contribution is 9.10. The average molecular weight is 339 g/mol. The van der Waals surface area contributed by atoms with Crippen LogP contribution < -0.4 is 11.2 Å². The van der Waals surface area contributed by atoms with Crippen molar-refractivity contribution in [2.45, 2.75) is 39.3 Å². The molecule has 0 aliphatic rings. The van der Waals surface area contributed by atoms with Crippen LogP contribution >= 0.6 is 15.9 Å². The number of halogens is 1. The predicted octanol–water partition coefficient (Wildman–Crippen LogP) is 2.80. The first kappa shape index (κ1) is 14.8. The van der Waals surface area contributed by atoms with Crippen molar-refractivity contribution < 1.29 is 0 Å². The first-order chi connectivity index (χ1) is 9.55. The minimum absolute atomic E-state index is 0.177. The molecule has 20 heavy (non-hydrogen) atoms. The first-order valence-corrected chi connectivity index (χ1v) is 7.53. The second-order valence-electron chi connectivity index (χ2n) is 4.82. The van der Waals surface area contributed by atoms with Crippen LogP contribution in [0.15, 0.2) is 33.9 Å². The molecule has 0 fully saturated rings. The van der Waals surface area contributed by atoms with E-state index in [-0.39, 0.29) is 11.1 Å². The molecule has 0 radical (unpaired) electrons. The fourth-order valence-electron chi connectivity index (χ4n) is 2.22. The van der Waals surface area contributed by atoms with Gasteiger partial charge in [-0.25, -0.2) is 0 Å². The largest absolute Gasteiger partial charge is 0.394 e. The Morgan fingerprint density at radius 1 is 1.35 bits per heavy atom. The zero-order chi connectivity index (χ0) is 14.7. The normalized spacial score (nSPS) is 11.2. The third-order valence-corrected chi connectivity index (χ3v) is 3.95. The minimum Gasteiger partial charge on any atom is -0.394 e. The van der Waals surface area contributed by atoms with Crippen LogP contribution in [0.3, 0.4) is 0 Å². The summed E-state index contributed by atoms with van der Waals surface area (Å²) in [6.07, 6.45) is 7.51. The number of rotatable bonds is 5. The van der Waals surface area contributed by atoms with Crippen LogP contribution in [0.5, 0.6) is 0 Å². The number of nitrogen functional groups attached to an aromatic ring is 1. The Morgan fingerprint density at radius 3 is 2.65 bits per heavy atom. The van der Waals surface area contributed by atoms with E-state index in [1.165, 1.54) is 0 Å². The summed E-state index contributed by atoms with van der Waals surface area (Å²) >= 11 is 3.22. The molecule has 2 N–H and O–H groups in total. The van der Waals surface area contributed by atoms with Gasteiger partial charge in [0, 0.05) is 18.6 Å². The monoisotopic (exact) mass is 338 g/mol. The van der Waals surface area contributed by atoms with Crippen molar-refractivity contribution in [1.29, 1.82) is 0 Å². The van der Waals surface area contributed by atoms with E-state index in [0.29, 0.717) is 17.1 Å². The van der Waals surface area contributed by atoms with Crippen LogP contribution in [0.1, 0.15) is 38.4 Å². The van der Waals surface area contributed by atoms with Crippen LogP contribution in [-0.2, 0) is 6.54 Å². The summed E-state index contributed by atoms with van der Waals surface area (Å²) in [5, 5.41) is 4.59. The van der Waals surface area contributed by atoms with Crippen LogP contribution in [0.4, 0.5) is 5.69 Å². The number of aromatic nitrogens is 3. The summed E-state index contributed by atoms with van der Waals surface area (Å²) in [5.74, 6) is 0. The maximum absolute atomic E-state index is 11.5. The van der Waals surface area contributed by atoms with Crippen molar-refractivity contribution in [3.8, 4) is 0 Å². The molecule has 0 saturated heterocycles. The Kier molecular flexibility index (Phi) is 4.65. The Hall–Kier alpha value is -1.56. The second kappa shape index (κ2) is 6.26. The summed E-state index contributed by atoms with van der Waals surface area (Å²) in [6, 6.07) is 2.44. The van der Waals surface area contributed by atoms with Gasteiger partial charge in [0.2, 0.25) is 5.43 Å². The maximum Gasteiger partial charge on any atom is 0.218 e. The van der Waals surface area contributed by atoms with E-state index >= 15 is 0 Å².